The molecule has 0 atom stereocenters. The number of hydrogen-bond acceptors (Lipinski definition) is 4. The summed E-state index contributed by atoms with van der Waals surface area (Å²) in [5, 5.41) is 0. The second-order valence-electron chi connectivity index (χ2n) is 8.69. The monoisotopic (exact) mass is 384 g/mol. The largest absolute Gasteiger partial charge is 0.462 e. The molecular weight excluding hydrogens is 356 g/mol. The van der Waals surface area contributed by atoms with Crippen LogP contribution >= 0.6 is 11.3 Å². The highest BCUT2D eigenvalue weighted by molar-refractivity contribution is 7.16. The third-order valence-corrected chi connectivity index (χ3v) is 6.81. The van der Waals surface area contributed by atoms with E-state index in [0.29, 0.717) is 16.4 Å². The summed E-state index contributed by atoms with van der Waals surface area (Å²) in [6, 6.07) is 7.70. The fraction of sp³-hybridized carbons (Fsp3) is 0.478. The Labute approximate surface area is 165 Å². The van der Waals surface area contributed by atoms with Gasteiger partial charge in [0.2, 0.25) is 5.78 Å². The fourth-order valence-electron chi connectivity index (χ4n) is 3.87. The van der Waals surface area contributed by atoms with E-state index in [1.165, 1.54) is 22.5 Å². The predicted octanol–water partition coefficient (Wildman–Crippen LogP) is 5.81. The van der Waals surface area contributed by atoms with Crippen molar-refractivity contribution in [2.24, 2.45) is 0 Å². The van der Waals surface area contributed by atoms with Gasteiger partial charge in [-0.3, -0.25) is 4.79 Å². The molecule has 3 rings (SSSR count). The zero-order valence-electron chi connectivity index (χ0n) is 17.1. The number of ether oxygens (including phenoxy) is 1. The van der Waals surface area contributed by atoms with Crippen LogP contribution < -0.4 is 0 Å². The minimum absolute atomic E-state index is 0.0185. The minimum Gasteiger partial charge on any atom is -0.462 e. The molecule has 0 spiro atoms. The van der Waals surface area contributed by atoms with Crippen molar-refractivity contribution in [1.29, 1.82) is 0 Å². The van der Waals surface area contributed by atoms with Crippen LogP contribution in [-0.2, 0) is 15.6 Å². The Bertz CT molecular complexity index is 902. The number of aryl methyl sites for hydroxylation is 1. The lowest BCUT2D eigenvalue weighted by atomic mass is 9.62. The van der Waals surface area contributed by atoms with Crippen LogP contribution in [0.3, 0.4) is 0 Å². The topological polar surface area (TPSA) is 43.4 Å². The Hall–Kier alpha value is -1.94. The summed E-state index contributed by atoms with van der Waals surface area (Å²) >= 11 is 1.21. The molecule has 1 aliphatic carbocycles. The van der Waals surface area contributed by atoms with Crippen molar-refractivity contribution in [3.8, 4) is 0 Å². The average molecular weight is 385 g/mol. The number of carbonyl (C=O) groups excluding carboxylic acids is 2. The molecule has 0 bridgehead atoms. The van der Waals surface area contributed by atoms with Crippen molar-refractivity contribution < 1.29 is 14.3 Å². The second kappa shape index (κ2) is 6.90. The van der Waals surface area contributed by atoms with Crippen LogP contribution in [0.4, 0.5) is 0 Å². The molecule has 2 aromatic rings. The molecule has 0 fully saturated rings. The Kier molecular flexibility index (Phi) is 5.06. The molecule has 0 unspecified atom stereocenters. The van der Waals surface area contributed by atoms with Gasteiger partial charge in [0.25, 0.3) is 0 Å². The lowest BCUT2D eigenvalue weighted by molar-refractivity contribution is 0.0532. The molecule has 27 heavy (non-hydrogen) atoms. The van der Waals surface area contributed by atoms with Crippen LogP contribution in [-0.4, -0.2) is 18.4 Å². The number of thiophene rings is 1. The molecule has 0 radical (unpaired) electrons. The van der Waals surface area contributed by atoms with Crippen molar-refractivity contribution in [2.75, 3.05) is 6.61 Å². The third kappa shape index (κ3) is 3.60. The van der Waals surface area contributed by atoms with Crippen LogP contribution in [0.15, 0.2) is 24.3 Å². The Morgan fingerprint density at radius 3 is 2.15 bits per heavy atom. The number of esters is 1. The van der Waals surface area contributed by atoms with E-state index in [9.17, 15) is 9.59 Å². The maximum atomic E-state index is 13.2. The van der Waals surface area contributed by atoms with Gasteiger partial charge in [0, 0.05) is 5.56 Å². The SMILES string of the molecule is CCOC(=O)c1ccc(C(=O)c2cc3c(cc2C)C(C)(C)CCC3(C)C)s1. The van der Waals surface area contributed by atoms with Crippen LogP contribution in [0.25, 0.3) is 0 Å². The Morgan fingerprint density at radius 2 is 1.56 bits per heavy atom. The maximum absolute atomic E-state index is 13.2. The molecule has 4 heteroatoms. The molecule has 0 amide bonds. The molecule has 0 saturated heterocycles. The van der Waals surface area contributed by atoms with Gasteiger partial charge in [-0.05, 0) is 72.4 Å². The summed E-state index contributed by atoms with van der Waals surface area (Å²) < 4.78 is 5.04. The van der Waals surface area contributed by atoms with E-state index in [2.05, 4.69) is 39.8 Å². The van der Waals surface area contributed by atoms with Gasteiger partial charge >= 0.3 is 5.97 Å². The van der Waals surface area contributed by atoms with E-state index in [4.69, 9.17) is 4.74 Å². The lowest BCUT2D eigenvalue weighted by Gasteiger charge is -2.42. The highest BCUT2D eigenvalue weighted by atomic mass is 32.1. The molecule has 0 saturated carbocycles. The first-order valence-corrected chi connectivity index (χ1v) is 10.4. The van der Waals surface area contributed by atoms with E-state index >= 15 is 0 Å². The quantitative estimate of drug-likeness (QED) is 0.493. The maximum Gasteiger partial charge on any atom is 0.348 e. The van der Waals surface area contributed by atoms with E-state index < -0.39 is 0 Å². The Morgan fingerprint density at radius 1 is 1.00 bits per heavy atom. The van der Waals surface area contributed by atoms with Crippen LogP contribution in [0.1, 0.15) is 89.1 Å². The average Bonchev–Trinajstić information content (AvgIpc) is 3.09. The summed E-state index contributed by atoms with van der Waals surface area (Å²) in [5.74, 6) is -0.387. The molecule has 144 valence electrons. The van der Waals surface area contributed by atoms with Crippen molar-refractivity contribution in [3.63, 3.8) is 0 Å². The number of fused-ring (bicyclic) bond motifs is 1. The minimum atomic E-state index is -0.369. The van der Waals surface area contributed by atoms with Gasteiger partial charge in [0.1, 0.15) is 4.88 Å². The number of ketones is 1. The van der Waals surface area contributed by atoms with Gasteiger partial charge in [0.15, 0.2) is 0 Å². The molecule has 0 aliphatic heterocycles. The van der Waals surface area contributed by atoms with E-state index in [1.54, 1.807) is 19.1 Å². The predicted molar refractivity (Wildman–Crippen MR) is 110 cm³/mol. The Balaban J connectivity index is 2.03. The number of benzene rings is 1. The van der Waals surface area contributed by atoms with Crippen LogP contribution in [0, 0.1) is 6.92 Å². The van der Waals surface area contributed by atoms with Crippen LogP contribution in [0.5, 0.6) is 0 Å². The van der Waals surface area contributed by atoms with E-state index in [1.807, 2.05) is 6.92 Å². The normalized spacial score (nSPS) is 17.3. The van der Waals surface area contributed by atoms with Crippen molar-refractivity contribution >= 4 is 23.1 Å². The van der Waals surface area contributed by atoms with Crippen molar-refractivity contribution in [2.45, 2.75) is 65.2 Å². The number of hydrogen-bond donors (Lipinski definition) is 0. The molecule has 1 aliphatic rings. The molecule has 0 N–H and O–H groups in total. The molecule has 1 heterocycles. The molecular formula is C23H28O3S. The van der Waals surface area contributed by atoms with Gasteiger partial charge in [-0.15, -0.1) is 11.3 Å². The first-order valence-electron chi connectivity index (χ1n) is 9.54. The highest BCUT2D eigenvalue weighted by Crippen LogP contribution is 2.46. The summed E-state index contributed by atoms with van der Waals surface area (Å²) in [6.45, 7) is 13.2. The van der Waals surface area contributed by atoms with Crippen molar-refractivity contribution in [1.82, 2.24) is 0 Å². The van der Waals surface area contributed by atoms with E-state index in [-0.39, 0.29) is 22.6 Å². The first kappa shape index (κ1) is 19.8. The lowest BCUT2D eigenvalue weighted by Crippen LogP contribution is -2.34. The van der Waals surface area contributed by atoms with Crippen molar-refractivity contribution in [3.05, 3.63) is 56.3 Å². The van der Waals surface area contributed by atoms with E-state index in [0.717, 1.165) is 24.0 Å². The smallest absolute Gasteiger partial charge is 0.348 e. The summed E-state index contributed by atoms with van der Waals surface area (Å²) in [7, 11) is 0. The highest BCUT2D eigenvalue weighted by Gasteiger charge is 2.38. The second-order valence-corrected chi connectivity index (χ2v) is 9.78. The number of carbonyl (C=O) groups is 2. The third-order valence-electron chi connectivity index (χ3n) is 5.75. The van der Waals surface area contributed by atoms with Gasteiger partial charge in [-0.25, -0.2) is 4.79 Å². The molecule has 1 aromatic heterocycles. The zero-order chi connectivity index (χ0) is 20.0. The standard InChI is InChI=1S/C23H28O3S/c1-7-26-21(25)19-9-8-18(27-19)20(24)15-13-17-16(12-14(15)2)22(3,4)10-11-23(17,5)6/h8-9,12-13H,7,10-11H2,1-6H3. The van der Waals surface area contributed by atoms with Gasteiger partial charge < -0.3 is 4.74 Å². The van der Waals surface area contributed by atoms with Gasteiger partial charge in [-0.1, -0.05) is 33.8 Å². The van der Waals surface area contributed by atoms with Gasteiger partial charge in [-0.2, -0.15) is 0 Å². The molecule has 1 aromatic carbocycles. The first-order chi connectivity index (χ1) is 12.6. The zero-order valence-corrected chi connectivity index (χ0v) is 17.9. The molecule has 3 nitrogen and oxygen atoms in total. The fourth-order valence-corrected chi connectivity index (χ4v) is 4.73. The number of rotatable bonds is 4. The summed E-state index contributed by atoms with van der Waals surface area (Å²) in [4.78, 5) is 26.1. The summed E-state index contributed by atoms with van der Waals surface area (Å²) in [6.07, 6.45) is 2.25. The van der Waals surface area contributed by atoms with Crippen LogP contribution in [0.2, 0.25) is 0 Å². The summed E-state index contributed by atoms with van der Waals surface area (Å²) in [5.41, 5.74) is 4.53. The van der Waals surface area contributed by atoms with Gasteiger partial charge in [0.05, 0.1) is 11.5 Å².